The first-order chi connectivity index (χ1) is 10.6. The number of nitrogens with one attached hydrogen (secondary N) is 2. The molecular formula is C16H16N2O4. The second-order valence-corrected chi connectivity index (χ2v) is 4.80. The molecule has 114 valence electrons. The van der Waals surface area contributed by atoms with E-state index < -0.39 is 11.9 Å². The van der Waals surface area contributed by atoms with Crippen LogP contribution in [0.4, 0.5) is 0 Å². The summed E-state index contributed by atoms with van der Waals surface area (Å²) >= 11 is 0. The number of benzene rings is 1. The third-order valence-corrected chi connectivity index (χ3v) is 3.38. The summed E-state index contributed by atoms with van der Waals surface area (Å²) in [6, 6.07) is 7.24. The van der Waals surface area contributed by atoms with Gasteiger partial charge in [-0.1, -0.05) is 12.1 Å². The van der Waals surface area contributed by atoms with Gasteiger partial charge in [0.15, 0.2) is 0 Å². The Hall–Kier alpha value is -2.76. The lowest BCUT2D eigenvalue weighted by molar-refractivity contribution is 0.0511. The smallest absolute Gasteiger partial charge is 0.354 e. The highest BCUT2D eigenvalue weighted by atomic mass is 16.5. The largest absolute Gasteiger partial charge is 0.461 e. The van der Waals surface area contributed by atoms with Crippen LogP contribution in [0.2, 0.25) is 0 Å². The summed E-state index contributed by atoms with van der Waals surface area (Å²) in [6.45, 7) is 4.16. The molecule has 0 saturated carbocycles. The summed E-state index contributed by atoms with van der Waals surface area (Å²) in [5.41, 5.74) is 2.29. The van der Waals surface area contributed by atoms with Gasteiger partial charge in [0, 0.05) is 10.8 Å². The molecule has 0 aliphatic heterocycles. The maximum atomic E-state index is 11.8. The average molecular weight is 300 g/mol. The number of carbonyl (C=O) groups excluding carboxylic acids is 2. The summed E-state index contributed by atoms with van der Waals surface area (Å²) in [5, 5.41) is 1.74. The van der Waals surface area contributed by atoms with Gasteiger partial charge >= 0.3 is 11.9 Å². The van der Waals surface area contributed by atoms with Crippen molar-refractivity contribution >= 4 is 33.7 Å². The summed E-state index contributed by atoms with van der Waals surface area (Å²) < 4.78 is 9.98. The van der Waals surface area contributed by atoms with Crippen LogP contribution in [0.25, 0.3) is 21.8 Å². The molecule has 6 nitrogen and oxygen atoms in total. The maximum Gasteiger partial charge on any atom is 0.354 e. The van der Waals surface area contributed by atoms with Gasteiger partial charge in [0.25, 0.3) is 0 Å². The molecule has 3 aromatic rings. The molecular weight excluding hydrogens is 284 g/mol. The van der Waals surface area contributed by atoms with Crippen molar-refractivity contribution in [1.29, 1.82) is 0 Å². The standard InChI is InChI=1S/C16H16N2O4/c1-3-21-15(19)11-7-9-5-6-10-8-12(16(20)22-4-2)18-14(10)13(9)17-11/h5-8,17-18H,3-4H2,1-2H3. The molecule has 0 atom stereocenters. The fourth-order valence-corrected chi connectivity index (χ4v) is 2.43. The van der Waals surface area contributed by atoms with Gasteiger partial charge in [0.1, 0.15) is 11.4 Å². The zero-order chi connectivity index (χ0) is 15.7. The van der Waals surface area contributed by atoms with E-state index in [-0.39, 0.29) is 0 Å². The molecule has 0 aliphatic rings. The van der Waals surface area contributed by atoms with Crippen LogP contribution in [0.3, 0.4) is 0 Å². The van der Waals surface area contributed by atoms with Gasteiger partial charge in [-0.05, 0) is 26.0 Å². The fourth-order valence-electron chi connectivity index (χ4n) is 2.43. The van der Waals surface area contributed by atoms with E-state index in [0.717, 1.165) is 21.8 Å². The molecule has 0 unspecified atom stereocenters. The van der Waals surface area contributed by atoms with Crippen molar-refractivity contribution < 1.29 is 19.1 Å². The fraction of sp³-hybridized carbons (Fsp3) is 0.250. The molecule has 0 amide bonds. The van der Waals surface area contributed by atoms with E-state index in [0.29, 0.717) is 24.6 Å². The van der Waals surface area contributed by atoms with Crippen molar-refractivity contribution in [3.8, 4) is 0 Å². The highest BCUT2D eigenvalue weighted by molar-refractivity contribution is 6.08. The van der Waals surface area contributed by atoms with Crippen molar-refractivity contribution in [3.63, 3.8) is 0 Å². The molecule has 2 heterocycles. The number of hydrogen-bond donors (Lipinski definition) is 2. The van der Waals surface area contributed by atoms with E-state index in [1.54, 1.807) is 26.0 Å². The summed E-state index contributed by atoms with van der Waals surface area (Å²) in [5.74, 6) is -0.798. The maximum absolute atomic E-state index is 11.8. The number of aromatic nitrogens is 2. The van der Waals surface area contributed by atoms with Crippen LogP contribution < -0.4 is 0 Å². The number of H-pyrrole nitrogens is 2. The molecule has 0 radical (unpaired) electrons. The molecule has 0 bridgehead atoms. The van der Waals surface area contributed by atoms with Gasteiger partial charge in [-0.15, -0.1) is 0 Å². The Kier molecular flexibility index (Phi) is 3.58. The van der Waals surface area contributed by atoms with Crippen molar-refractivity contribution in [1.82, 2.24) is 9.97 Å². The third-order valence-electron chi connectivity index (χ3n) is 3.38. The van der Waals surface area contributed by atoms with Gasteiger partial charge in [0.2, 0.25) is 0 Å². The van der Waals surface area contributed by atoms with Gasteiger partial charge < -0.3 is 19.4 Å². The highest BCUT2D eigenvalue weighted by Gasteiger charge is 2.15. The van der Waals surface area contributed by atoms with Gasteiger partial charge in [-0.25, -0.2) is 9.59 Å². The molecule has 0 aliphatic carbocycles. The topological polar surface area (TPSA) is 84.2 Å². The van der Waals surface area contributed by atoms with Crippen LogP contribution in [0.15, 0.2) is 24.3 Å². The summed E-state index contributed by atoms with van der Waals surface area (Å²) in [6.07, 6.45) is 0. The number of esters is 2. The second kappa shape index (κ2) is 5.55. The highest BCUT2D eigenvalue weighted by Crippen LogP contribution is 2.26. The number of hydrogen-bond acceptors (Lipinski definition) is 4. The van der Waals surface area contributed by atoms with Crippen molar-refractivity contribution in [2.45, 2.75) is 13.8 Å². The molecule has 0 saturated heterocycles. The Morgan fingerprint density at radius 2 is 1.27 bits per heavy atom. The van der Waals surface area contributed by atoms with E-state index in [1.165, 1.54) is 0 Å². The molecule has 0 spiro atoms. The predicted octanol–water partition coefficient (Wildman–Crippen LogP) is 3.00. The Morgan fingerprint density at radius 3 is 1.64 bits per heavy atom. The number of rotatable bonds is 4. The molecule has 0 fully saturated rings. The van der Waals surface area contributed by atoms with E-state index in [1.807, 2.05) is 12.1 Å². The first kappa shape index (κ1) is 14.2. The normalized spacial score (nSPS) is 11.0. The number of aromatic amines is 2. The van der Waals surface area contributed by atoms with Crippen LogP contribution in [0, 0.1) is 0 Å². The van der Waals surface area contributed by atoms with E-state index in [2.05, 4.69) is 9.97 Å². The average Bonchev–Trinajstić information content (AvgIpc) is 3.11. The Balaban J connectivity index is 2.10. The van der Waals surface area contributed by atoms with Gasteiger partial charge in [-0.2, -0.15) is 0 Å². The number of carbonyl (C=O) groups is 2. The number of fused-ring (bicyclic) bond motifs is 3. The monoisotopic (exact) mass is 300 g/mol. The molecule has 6 heteroatoms. The van der Waals surface area contributed by atoms with Crippen LogP contribution in [-0.2, 0) is 9.47 Å². The lowest BCUT2D eigenvalue weighted by Crippen LogP contribution is -2.04. The van der Waals surface area contributed by atoms with Crippen LogP contribution in [-0.4, -0.2) is 35.1 Å². The minimum Gasteiger partial charge on any atom is -0.461 e. The SMILES string of the molecule is CCOC(=O)c1cc2ccc3cc(C(=O)OCC)[nH]c3c2[nH]1. The molecule has 2 N–H and O–H groups in total. The molecule has 22 heavy (non-hydrogen) atoms. The lowest BCUT2D eigenvalue weighted by atomic mass is 10.2. The lowest BCUT2D eigenvalue weighted by Gasteiger charge is -1.97. The zero-order valence-electron chi connectivity index (χ0n) is 12.4. The summed E-state index contributed by atoms with van der Waals surface area (Å²) in [4.78, 5) is 29.7. The predicted molar refractivity (Wildman–Crippen MR) is 82.1 cm³/mol. The summed E-state index contributed by atoms with van der Waals surface area (Å²) in [7, 11) is 0. The first-order valence-electron chi connectivity index (χ1n) is 7.12. The van der Waals surface area contributed by atoms with E-state index in [4.69, 9.17) is 9.47 Å². The van der Waals surface area contributed by atoms with Crippen LogP contribution in [0.5, 0.6) is 0 Å². The van der Waals surface area contributed by atoms with Crippen molar-refractivity contribution in [2.75, 3.05) is 13.2 Å². The Labute approximate surface area is 126 Å². The minimum atomic E-state index is -0.399. The third kappa shape index (κ3) is 2.32. The zero-order valence-corrected chi connectivity index (χ0v) is 12.4. The van der Waals surface area contributed by atoms with Crippen LogP contribution in [0.1, 0.15) is 34.8 Å². The van der Waals surface area contributed by atoms with Gasteiger partial charge in [0.05, 0.1) is 24.2 Å². The molecule has 3 rings (SSSR count). The Bertz CT molecular complexity index is 788. The van der Waals surface area contributed by atoms with E-state index >= 15 is 0 Å². The van der Waals surface area contributed by atoms with Gasteiger partial charge in [-0.3, -0.25) is 0 Å². The molecule has 2 aromatic heterocycles. The van der Waals surface area contributed by atoms with Crippen LogP contribution >= 0.6 is 0 Å². The molecule has 1 aromatic carbocycles. The second-order valence-electron chi connectivity index (χ2n) is 4.80. The quantitative estimate of drug-likeness (QED) is 0.725. The number of ether oxygens (including phenoxy) is 2. The van der Waals surface area contributed by atoms with Crippen molar-refractivity contribution in [3.05, 3.63) is 35.7 Å². The van der Waals surface area contributed by atoms with E-state index in [9.17, 15) is 9.59 Å². The first-order valence-corrected chi connectivity index (χ1v) is 7.12. The minimum absolute atomic E-state index is 0.319. The Morgan fingerprint density at radius 1 is 0.864 bits per heavy atom. The van der Waals surface area contributed by atoms with Crippen molar-refractivity contribution in [2.24, 2.45) is 0 Å².